The Morgan fingerprint density at radius 1 is 0.909 bits per heavy atom. The number of carbonyl (C=O) groups excluding carboxylic acids is 1. The van der Waals surface area contributed by atoms with Crippen molar-refractivity contribution in [1.82, 2.24) is 5.32 Å². The van der Waals surface area contributed by atoms with Crippen LogP contribution < -0.4 is 24.2 Å². The molecule has 8 nitrogen and oxygen atoms in total. The highest BCUT2D eigenvalue weighted by molar-refractivity contribution is 7.92. The molecular weight excluding hydrogens is 468 g/mol. The van der Waals surface area contributed by atoms with Gasteiger partial charge in [0, 0.05) is 11.6 Å². The number of anilines is 1. The van der Waals surface area contributed by atoms with E-state index in [-0.39, 0.29) is 22.7 Å². The van der Waals surface area contributed by atoms with Gasteiger partial charge in [0.25, 0.3) is 15.9 Å². The highest BCUT2D eigenvalue weighted by Crippen LogP contribution is 2.38. The Hall–Kier alpha value is -3.43. The largest absolute Gasteiger partial charge is 0.493 e. The number of methoxy groups -OCH3 is 3. The summed E-state index contributed by atoms with van der Waals surface area (Å²) < 4.78 is 43.9. The fourth-order valence-electron chi connectivity index (χ4n) is 3.10. The van der Waals surface area contributed by atoms with Crippen LogP contribution in [0.15, 0.2) is 65.6 Å². The van der Waals surface area contributed by atoms with E-state index in [0.29, 0.717) is 27.8 Å². The number of rotatable bonds is 9. The van der Waals surface area contributed by atoms with E-state index >= 15 is 0 Å². The third kappa shape index (κ3) is 5.68. The molecule has 0 saturated heterocycles. The molecule has 0 atom stereocenters. The summed E-state index contributed by atoms with van der Waals surface area (Å²) in [5.41, 5.74) is 1.02. The molecule has 0 radical (unpaired) electrons. The number of sulfonamides is 1. The van der Waals surface area contributed by atoms with E-state index in [0.717, 1.165) is 0 Å². The second-order valence-electron chi connectivity index (χ2n) is 6.82. The first-order valence-corrected chi connectivity index (χ1v) is 11.6. The normalized spacial score (nSPS) is 10.9. The van der Waals surface area contributed by atoms with Crippen LogP contribution in [0.3, 0.4) is 0 Å². The number of ether oxygens (including phenoxy) is 3. The molecule has 0 saturated carbocycles. The van der Waals surface area contributed by atoms with Crippen LogP contribution in [-0.4, -0.2) is 35.7 Å². The Morgan fingerprint density at radius 2 is 1.52 bits per heavy atom. The van der Waals surface area contributed by atoms with E-state index in [2.05, 4.69) is 10.0 Å². The number of para-hydroxylation sites is 1. The predicted molar refractivity (Wildman–Crippen MR) is 126 cm³/mol. The molecule has 1 amide bonds. The number of halogens is 1. The molecule has 3 aromatic rings. The zero-order chi connectivity index (χ0) is 24.0. The average molecular weight is 491 g/mol. The molecule has 0 aliphatic heterocycles. The first-order chi connectivity index (χ1) is 15.8. The number of hydrogen-bond acceptors (Lipinski definition) is 6. The Morgan fingerprint density at radius 3 is 2.09 bits per heavy atom. The van der Waals surface area contributed by atoms with Crippen molar-refractivity contribution in [3.05, 3.63) is 76.8 Å². The van der Waals surface area contributed by atoms with Gasteiger partial charge in [-0.1, -0.05) is 23.7 Å². The Labute approximate surface area is 197 Å². The highest BCUT2D eigenvalue weighted by atomic mass is 35.5. The van der Waals surface area contributed by atoms with E-state index in [1.165, 1.54) is 57.7 Å². The SMILES string of the molecule is COc1cc(CNC(=O)c2ccccc2NS(=O)(=O)c2ccc(Cl)cc2)cc(OC)c1OC. The van der Waals surface area contributed by atoms with Gasteiger partial charge < -0.3 is 19.5 Å². The Bertz CT molecular complexity index is 1220. The summed E-state index contributed by atoms with van der Waals surface area (Å²) in [5, 5.41) is 3.20. The minimum Gasteiger partial charge on any atom is -0.493 e. The second kappa shape index (κ2) is 10.5. The molecule has 0 bridgehead atoms. The summed E-state index contributed by atoms with van der Waals surface area (Å²) in [6.07, 6.45) is 0. The average Bonchev–Trinajstić information content (AvgIpc) is 2.82. The molecule has 10 heteroatoms. The second-order valence-corrected chi connectivity index (χ2v) is 8.94. The van der Waals surface area contributed by atoms with Gasteiger partial charge in [-0.25, -0.2) is 8.42 Å². The summed E-state index contributed by atoms with van der Waals surface area (Å²) in [4.78, 5) is 12.9. The first-order valence-electron chi connectivity index (χ1n) is 9.73. The smallest absolute Gasteiger partial charge is 0.261 e. The van der Waals surface area contributed by atoms with E-state index < -0.39 is 15.9 Å². The summed E-state index contributed by atoms with van der Waals surface area (Å²) in [6, 6.07) is 15.5. The van der Waals surface area contributed by atoms with Gasteiger partial charge >= 0.3 is 0 Å². The lowest BCUT2D eigenvalue weighted by Gasteiger charge is -2.15. The van der Waals surface area contributed by atoms with Gasteiger partial charge in [-0.15, -0.1) is 0 Å². The third-order valence-corrected chi connectivity index (χ3v) is 6.35. The van der Waals surface area contributed by atoms with Gasteiger partial charge in [0.15, 0.2) is 11.5 Å². The van der Waals surface area contributed by atoms with Crippen molar-refractivity contribution in [3.63, 3.8) is 0 Å². The van der Waals surface area contributed by atoms with Crippen LogP contribution in [0.25, 0.3) is 0 Å². The van der Waals surface area contributed by atoms with E-state index in [1.807, 2.05) is 0 Å². The maximum atomic E-state index is 12.9. The zero-order valence-corrected chi connectivity index (χ0v) is 19.8. The van der Waals surface area contributed by atoms with Gasteiger partial charge in [0.1, 0.15) is 0 Å². The lowest BCUT2D eigenvalue weighted by Crippen LogP contribution is -2.25. The van der Waals surface area contributed by atoms with Crippen molar-refractivity contribution in [2.75, 3.05) is 26.1 Å². The van der Waals surface area contributed by atoms with Gasteiger partial charge in [-0.2, -0.15) is 0 Å². The number of carbonyl (C=O) groups is 1. The quantitative estimate of drug-likeness (QED) is 0.468. The van der Waals surface area contributed by atoms with Gasteiger partial charge in [-0.3, -0.25) is 9.52 Å². The van der Waals surface area contributed by atoms with Gasteiger partial charge in [0.05, 0.1) is 37.5 Å². The molecule has 3 rings (SSSR count). The standard InChI is InChI=1S/C23H23ClN2O6S/c1-30-20-12-15(13-21(31-2)22(20)32-3)14-25-23(27)18-6-4-5-7-19(18)26-33(28,29)17-10-8-16(24)9-11-17/h4-13,26H,14H2,1-3H3,(H,25,27). The molecule has 0 unspecified atom stereocenters. The maximum Gasteiger partial charge on any atom is 0.261 e. The topological polar surface area (TPSA) is 103 Å². The van der Waals surface area contributed by atoms with Crippen molar-refractivity contribution in [2.45, 2.75) is 11.4 Å². The minimum absolute atomic E-state index is 0.0273. The fraction of sp³-hybridized carbons (Fsp3) is 0.174. The number of nitrogens with one attached hydrogen (secondary N) is 2. The first kappa shape index (κ1) is 24.2. The molecule has 0 heterocycles. The number of amides is 1. The van der Waals surface area contributed by atoms with E-state index in [9.17, 15) is 13.2 Å². The summed E-state index contributed by atoms with van der Waals surface area (Å²) >= 11 is 5.84. The molecule has 3 aromatic carbocycles. The van der Waals surface area contributed by atoms with Crippen LogP contribution in [-0.2, 0) is 16.6 Å². The molecule has 2 N–H and O–H groups in total. The van der Waals surface area contributed by atoms with Crippen molar-refractivity contribution in [3.8, 4) is 17.2 Å². The highest BCUT2D eigenvalue weighted by Gasteiger charge is 2.19. The molecule has 33 heavy (non-hydrogen) atoms. The van der Waals surface area contributed by atoms with E-state index in [4.69, 9.17) is 25.8 Å². The van der Waals surface area contributed by atoms with Crippen molar-refractivity contribution in [2.24, 2.45) is 0 Å². The van der Waals surface area contributed by atoms with Crippen molar-refractivity contribution in [1.29, 1.82) is 0 Å². The zero-order valence-electron chi connectivity index (χ0n) is 18.2. The van der Waals surface area contributed by atoms with Gasteiger partial charge in [0.2, 0.25) is 5.75 Å². The molecular formula is C23H23ClN2O6S. The third-order valence-electron chi connectivity index (χ3n) is 4.72. The molecule has 0 fully saturated rings. The van der Waals surface area contributed by atoms with E-state index in [1.54, 1.807) is 24.3 Å². The van der Waals surface area contributed by atoms with Crippen LogP contribution in [0.5, 0.6) is 17.2 Å². The predicted octanol–water partition coefficient (Wildman–Crippen LogP) is 4.10. The van der Waals surface area contributed by atoms with Crippen molar-refractivity contribution >= 4 is 33.2 Å². The number of hydrogen-bond donors (Lipinski definition) is 2. The van der Waals surface area contributed by atoms with Crippen molar-refractivity contribution < 1.29 is 27.4 Å². The maximum absolute atomic E-state index is 12.9. The molecule has 0 aliphatic rings. The van der Waals surface area contributed by atoms with Gasteiger partial charge in [-0.05, 0) is 54.1 Å². The molecule has 174 valence electrons. The summed E-state index contributed by atoms with van der Waals surface area (Å²) in [7, 11) is 0.595. The summed E-state index contributed by atoms with van der Waals surface area (Å²) in [5.74, 6) is 0.893. The molecule has 0 aliphatic carbocycles. The monoisotopic (exact) mass is 490 g/mol. The molecule has 0 aromatic heterocycles. The Kier molecular flexibility index (Phi) is 7.67. The lowest BCUT2D eigenvalue weighted by atomic mass is 10.1. The number of benzene rings is 3. The Balaban J connectivity index is 1.80. The van der Waals surface area contributed by atoms with Crippen LogP contribution in [0.1, 0.15) is 15.9 Å². The summed E-state index contributed by atoms with van der Waals surface area (Å²) in [6.45, 7) is 0.147. The van der Waals surface area contributed by atoms with Crippen LogP contribution in [0.4, 0.5) is 5.69 Å². The van der Waals surface area contributed by atoms with Crippen LogP contribution >= 0.6 is 11.6 Å². The fourth-order valence-corrected chi connectivity index (χ4v) is 4.31. The van der Waals surface area contributed by atoms with Crippen LogP contribution in [0.2, 0.25) is 5.02 Å². The minimum atomic E-state index is -3.91. The molecule has 0 spiro atoms. The van der Waals surface area contributed by atoms with Crippen LogP contribution in [0, 0.1) is 0 Å². The lowest BCUT2D eigenvalue weighted by molar-refractivity contribution is 0.0951.